The number of amides is 1. The molecule has 0 aliphatic carbocycles. The molecule has 151 valence electrons. The van der Waals surface area contributed by atoms with Gasteiger partial charge in [-0.05, 0) is 46.2 Å². The molecule has 0 aromatic rings. The molecule has 1 saturated heterocycles. The average Bonchev–Trinajstić information content (AvgIpc) is 2.54. The molecule has 3 N–H and O–H groups in total. The fourth-order valence-electron chi connectivity index (χ4n) is 2.73. The minimum absolute atomic E-state index is 0. The van der Waals surface area contributed by atoms with Gasteiger partial charge >= 0.3 is 6.09 Å². The summed E-state index contributed by atoms with van der Waals surface area (Å²) in [6.07, 6.45) is 8.75. The molecule has 1 atom stereocenters. The Hall–Kier alpha value is -1.25. The second kappa shape index (κ2) is 10.8. The first-order valence-corrected chi connectivity index (χ1v) is 9.26. The minimum atomic E-state index is -0.446. The summed E-state index contributed by atoms with van der Waals surface area (Å²) in [5.41, 5.74) is -0.446. The van der Waals surface area contributed by atoms with Gasteiger partial charge in [0.05, 0.1) is 0 Å². The van der Waals surface area contributed by atoms with Crippen molar-refractivity contribution in [3.8, 4) is 0 Å². The predicted octanol–water partition coefficient (Wildman–Crippen LogP) is 1.96. The number of nitrogens with one attached hydrogen (secondary N) is 3. The number of hydrogen-bond acceptors (Lipinski definition) is 4. The molecule has 26 heavy (non-hydrogen) atoms. The summed E-state index contributed by atoms with van der Waals surface area (Å²) < 4.78 is 5.44. The van der Waals surface area contributed by atoms with E-state index < -0.39 is 5.60 Å². The summed E-state index contributed by atoms with van der Waals surface area (Å²) in [6, 6.07) is 0.340. The number of piperidine rings is 1. The van der Waals surface area contributed by atoms with Crippen molar-refractivity contribution in [2.24, 2.45) is 4.99 Å². The molecule has 0 bridgehead atoms. The van der Waals surface area contributed by atoms with Gasteiger partial charge < -0.3 is 31.7 Å². The molecule has 0 saturated carbocycles. The van der Waals surface area contributed by atoms with Gasteiger partial charge in [-0.15, -0.1) is 0 Å². The third-order valence-electron chi connectivity index (χ3n) is 4.07. The molecule has 2 aliphatic heterocycles. The van der Waals surface area contributed by atoms with Crippen LogP contribution in [-0.4, -0.2) is 54.4 Å². The van der Waals surface area contributed by atoms with E-state index in [1.54, 1.807) is 11.1 Å². The van der Waals surface area contributed by atoms with Crippen LogP contribution in [0.1, 0.15) is 53.4 Å². The van der Waals surface area contributed by atoms with E-state index in [2.05, 4.69) is 33.9 Å². The monoisotopic (exact) mass is 409 g/mol. The van der Waals surface area contributed by atoms with Crippen molar-refractivity contribution in [3.63, 3.8) is 0 Å². The molecule has 1 amide bonds. The Balaban J connectivity index is 0.00000338. The average molecular weight is 409 g/mol. The first-order valence-electron chi connectivity index (χ1n) is 9.26. The quantitative estimate of drug-likeness (QED) is 0.478. The van der Waals surface area contributed by atoms with Gasteiger partial charge in [0.25, 0.3) is 0 Å². The number of carbonyl (C=O) groups excluding carboxylic acids is 1. The maximum absolute atomic E-state index is 12.1. The molecule has 0 aromatic carbocycles. The maximum Gasteiger partial charge on any atom is 0.410 e. The summed E-state index contributed by atoms with van der Waals surface area (Å²) in [6.45, 7) is 10.1. The molecule has 2 aliphatic rings. The smallest absolute Gasteiger partial charge is 0.410 e. The Bertz CT molecular complexity index is 496. The van der Waals surface area contributed by atoms with E-state index in [1.807, 2.05) is 20.8 Å². The number of unbranched alkanes of at least 4 members (excludes halogenated alkanes) is 1. The van der Waals surface area contributed by atoms with Gasteiger partial charge in [-0.3, -0.25) is 4.99 Å². The fraction of sp³-hybridized carbons (Fsp3) is 0.778. The molecule has 7 nitrogen and oxygen atoms in total. The number of likely N-dealkylation sites (tertiary alicyclic amines) is 1. The van der Waals surface area contributed by atoms with E-state index in [4.69, 9.17) is 4.74 Å². The summed E-state index contributed by atoms with van der Waals surface area (Å²) in [7, 11) is 0. The van der Waals surface area contributed by atoms with Crippen molar-refractivity contribution in [2.75, 3.05) is 19.6 Å². The Kier molecular flexibility index (Phi) is 9.46. The second-order valence-electron chi connectivity index (χ2n) is 7.52. The molecular weight excluding hydrogens is 377 g/mol. The number of ether oxygens (including phenoxy) is 1. The van der Waals surface area contributed by atoms with E-state index in [-0.39, 0.29) is 29.0 Å². The molecule has 1 radical (unpaired) electrons. The van der Waals surface area contributed by atoms with Gasteiger partial charge in [-0.2, -0.15) is 6.20 Å². The number of hydrogen-bond donors (Lipinski definition) is 3. The van der Waals surface area contributed by atoms with Crippen molar-refractivity contribution in [1.82, 2.24) is 20.9 Å². The summed E-state index contributed by atoms with van der Waals surface area (Å²) in [5.74, 6) is 0.788. The summed E-state index contributed by atoms with van der Waals surface area (Å²) in [5, 5.41) is 9.92. The molecule has 0 spiro atoms. The van der Waals surface area contributed by atoms with Crippen molar-refractivity contribution in [3.05, 3.63) is 12.3 Å². The van der Waals surface area contributed by atoms with Crippen LogP contribution >= 0.6 is 0 Å². The number of guanidine groups is 1. The van der Waals surface area contributed by atoms with Gasteiger partial charge in [0.2, 0.25) is 0 Å². The summed E-state index contributed by atoms with van der Waals surface area (Å²) >= 11 is 0. The molecule has 1 unspecified atom stereocenters. The molecule has 8 heteroatoms. The maximum atomic E-state index is 12.1. The van der Waals surface area contributed by atoms with Gasteiger partial charge in [0, 0.05) is 42.5 Å². The minimum Gasteiger partial charge on any atom is -0.444 e. The van der Waals surface area contributed by atoms with Crippen molar-refractivity contribution < 1.29 is 26.3 Å². The van der Waals surface area contributed by atoms with Crippen LogP contribution < -0.4 is 16.0 Å². The second-order valence-corrected chi connectivity index (χ2v) is 7.52. The van der Waals surface area contributed by atoms with Crippen LogP contribution in [0.2, 0.25) is 0 Å². The largest absolute Gasteiger partial charge is 0.444 e. The SMILES string of the molecule is CCCCN=C1NC=[C-]C(NC2CCN(C(=O)OC(C)(C)C)CC2)N1.[Co]. The molecule has 2 heterocycles. The van der Waals surface area contributed by atoms with Gasteiger partial charge in [-0.1, -0.05) is 13.3 Å². The third kappa shape index (κ3) is 7.97. The molecule has 1 fully saturated rings. The topological polar surface area (TPSA) is 78.0 Å². The van der Waals surface area contributed by atoms with E-state index >= 15 is 0 Å². The zero-order valence-corrected chi connectivity index (χ0v) is 17.3. The van der Waals surface area contributed by atoms with Gasteiger partial charge in [-0.25, -0.2) is 4.79 Å². The molecule has 2 rings (SSSR count). The summed E-state index contributed by atoms with van der Waals surface area (Å²) in [4.78, 5) is 18.4. The van der Waals surface area contributed by atoms with Crippen LogP contribution in [0.25, 0.3) is 0 Å². The van der Waals surface area contributed by atoms with Gasteiger partial charge in [0.1, 0.15) is 5.60 Å². The van der Waals surface area contributed by atoms with E-state index in [0.29, 0.717) is 19.1 Å². The zero-order chi connectivity index (χ0) is 18.3. The van der Waals surface area contributed by atoms with Crippen LogP contribution in [0.15, 0.2) is 11.2 Å². The van der Waals surface area contributed by atoms with Crippen LogP contribution in [-0.2, 0) is 21.5 Å². The predicted molar refractivity (Wildman–Crippen MR) is 99.0 cm³/mol. The fourth-order valence-corrected chi connectivity index (χ4v) is 2.73. The first kappa shape index (κ1) is 22.8. The van der Waals surface area contributed by atoms with Crippen LogP contribution in [0, 0.1) is 6.08 Å². The number of rotatable bonds is 5. The van der Waals surface area contributed by atoms with Crippen molar-refractivity contribution in [2.45, 2.75) is 71.2 Å². The van der Waals surface area contributed by atoms with Crippen LogP contribution in [0.4, 0.5) is 4.79 Å². The Morgan fingerprint density at radius 2 is 2.12 bits per heavy atom. The standard InChI is InChI=1S/C18H32N5O2.Co/c1-5-6-10-19-16-20-11-7-15(22-16)21-14-8-12-23(13-9-14)17(24)25-18(2,3)4;/h11,14-15,21H,5-6,8-10,12-13H2,1-4H3,(H2,19,20,22);/q-1;. The van der Waals surface area contributed by atoms with Crippen LogP contribution in [0.3, 0.4) is 0 Å². The third-order valence-corrected chi connectivity index (χ3v) is 4.07. The molecule has 0 aromatic heterocycles. The normalized spacial score (nSPS) is 22.4. The number of nitrogens with zero attached hydrogens (tertiary/aromatic N) is 2. The molecular formula is C18H32CoN5O2-. The van der Waals surface area contributed by atoms with E-state index in [1.165, 1.54) is 0 Å². The van der Waals surface area contributed by atoms with Gasteiger partial charge in [0.15, 0.2) is 5.96 Å². The van der Waals surface area contributed by atoms with Crippen molar-refractivity contribution >= 4 is 12.1 Å². The Morgan fingerprint density at radius 3 is 2.73 bits per heavy atom. The zero-order valence-electron chi connectivity index (χ0n) is 16.2. The number of aliphatic imine (C=N–C) groups is 1. The van der Waals surface area contributed by atoms with Crippen molar-refractivity contribution in [1.29, 1.82) is 0 Å². The van der Waals surface area contributed by atoms with Crippen LogP contribution in [0.5, 0.6) is 0 Å². The number of carbonyl (C=O) groups is 1. The Labute approximate surface area is 167 Å². The van der Waals surface area contributed by atoms with E-state index in [0.717, 1.165) is 38.2 Å². The first-order chi connectivity index (χ1) is 11.9. The Morgan fingerprint density at radius 1 is 1.42 bits per heavy atom. The van der Waals surface area contributed by atoms with E-state index in [9.17, 15) is 4.79 Å².